The Hall–Kier alpha value is -1.52. The van der Waals surface area contributed by atoms with E-state index in [9.17, 15) is 9.59 Å². The van der Waals surface area contributed by atoms with E-state index in [1.165, 1.54) is 6.08 Å². The van der Waals surface area contributed by atoms with Crippen LogP contribution in [0, 0.1) is 0 Å². The average Bonchev–Trinajstić information content (AvgIpc) is 3.03. The molecule has 1 aromatic rings. The van der Waals surface area contributed by atoms with Gasteiger partial charge in [-0.1, -0.05) is 35.8 Å². The summed E-state index contributed by atoms with van der Waals surface area (Å²) in [7, 11) is 0. The maximum atomic E-state index is 13.0. The molecule has 0 radical (unpaired) electrons. The number of hydrogen-bond acceptors (Lipinski definition) is 2. The summed E-state index contributed by atoms with van der Waals surface area (Å²) in [5, 5.41) is 0.955. The van der Waals surface area contributed by atoms with E-state index in [0.717, 1.165) is 12.0 Å². The zero-order valence-electron chi connectivity index (χ0n) is 14.0. The largest absolute Gasteiger partial charge is 0.334 e. The van der Waals surface area contributed by atoms with Gasteiger partial charge in [-0.25, -0.2) is 0 Å². The molecule has 0 N–H and O–H groups in total. The lowest BCUT2D eigenvalue weighted by Gasteiger charge is -2.32. The van der Waals surface area contributed by atoms with E-state index in [1.54, 1.807) is 21.9 Å². The Labute approximate surface area is 153 Å². The fourth-order valence-electron chi connectivity index (χ4n) is 2.95. The molecule has 1 aromatic carbocycles. The second-order valence-corrected chi connectivity index (χ2v) is 7.02. The summed E-state index contributed by atoms with van der Waals surface area (Å²) in [4.78, 5) is 28.4. The number of likely N-dealkylation sites (tertiary alicyclic amines) is 1. The Balaban J connectivity index is 2.20. The summed E-state index contributed by atoms with van der Waals surface area (Å²) in [5.74, 6) is -0.229. The highest BCUT2D eigenvalue weighted by atomic mass is 35.5. The van der Waals surface area contributed by atoms with E-state index in [1.807, 2.05) is 19.9 Å². The van der Waals surface area contributed by atoms with Crippen LogP contribution in [0.2, 0.25) is 10.0 Å². The van der Waals surface area contributed by atoms with E-state index in [4.69, 9.17) is 23.2 Å². The van der Waals surface area contributed by atoms with Crippen molar-refractivity contribution in [1.82, 2.24) is 9.80 Å². The Kier molecular flexibility index (Phi) is 6.30. The average molecular weight is 369 g/mol. The molecule has 0 saturated carbocycles. The summed E-state index contributed by atoms with van der Waals surface area (Å²) < 4.78 is 0. The quantitative estimate of drug-likeness (QED) is 0.739. The molecule has 2 rings (SSSR count). The van der Waals surface area contributed by atoms with E-state index < -0.39 is 6.04 Å². The van der Waals surface area contributed by atoms with Crippen LogP contribution in [-0.2, 0) is 16.1 Å². The molecule has 2 amide bonds. The summed E-state index contributed by atoms with van der Waals surface area (Å²) >= 11 is 12.0. The fourth-order valence-corrected chi connectivity index (χ4v) is 3.27. The summed E-state index contributed by atoms with van der Waals surface area (Å²) in [6, 6.07) is 4.95. The van der Waals surface area contributed by atoms with Gasteiger partial charge in [0.25, 0.3) is 0 Å². The summed E-state index contributed by atoms with van der Waals surface area (Å²) in [6.45, 7) is 8.47. The van der Waals surface area contributed by atoms with Gasteiger partial charge >= 0.3 is 0 Å². The molecule has 0 aliphatic carbocycles. The van der Waals surface area contributed by atoms with Crippen molar-refractivity contribution in [3.63, 3.8) is 0 Å². The van der Waals surface area contributed by atoms with Crippen LogP contribution < -0.4 is 0 Å². The van der Waals surface area contributed by atoms with Crippen LogP contribution in [0.15, 0.2) is 30.9 Å². The van der Waals surface area contributed by atoms with Crippen LogP contribution in [0.3, 0.4) is 0 Å². The number of amides is 2. The predicted octanol–water partition coefficient (Wildman–Crippen LogP) is 3.91. The van der Waals surface area contributed by atoms with Gasteiger partial charge in [-0.15, -0.1) is 0 Å². The van der Waals surface area contributed by atoms with Gasteiger partial charge < -0.3 is 9.80 Å². The first-order chi connectivity index (χ1) is 11.3. The van der Waals surface area contributed by atoms with Gasteiger partial charge in [0.15, 0.2) is 0 Å². The Morgan fingerprint density at radius 3 is 2.67 bits per heavy atom. The molecule has 0 aromatic heterocycles. The predicted molar refractivity (Wildman–Crippen MR) is 97.1 cm³/mol. The molecule has 24 heavy (non-hydrogen) atoms. The highest BCUT2D eigenvalue weighted by molar-refractivity contribution is 6.42. The van der Waals surface area contributed by atoms with Gasteiger partial charge in [-0.2, -0.15) is 0 Å². The van der Waals surface area contributed by atoms with Gasteiger partial charge in [0.1, 0.15) is 6.04 Å². The maximum absolute atomic E-state index is 13.0. The summed E-state index contributed by atoms with van der Waals surface area (Å²) in [5.41, 5.74) is 0.908. The lowest BCUT2D eigenvalue weighted by molar-refractivity contribution is -0.143. The second-order valence-electron chi connectivity index (χ2n) is 6.20. The first-order valence-electron chi connectivity index (χ1n) is 8.02. The molecule has 1 aliphatic heterocycles. The minimum absolute atomic E-state index is 0.00763. The standard InChI is InChI=1S/C18H22Cl2N2O2/c1-4-17(23)21-9-5-6-16(21)18(24)22(12(2)3)11-13-7-8-14(19)15(20)10-13/h4,7-8,10,12,16H,1,5-6,9,11H2,2-3H3. The van der Waals surface area contributed by atoms with E-state index in [-0.39, 0.29) is 17.9 Å². The Morgan fingerprint density at radius 1 is 1.38 bits per heavy atom. The summed E-state index contributed by atoms with van der Waals surface area (Å²) in [6.07, 6.45) is 2.78. The third kappa shape index (κ3) is 4.11. The molecule has 1 fully saturated rings. The maximum Gasteiger partial charge on any atom is 0.246 e. The lowest BCUT2D eigenvalue weighted by Crippen LogP contribution is -2.49. The van der Waals surface area contributed by atoms with Crippen LogP contribution in [0.5, 0.6) is 0 Å². The highest BCUT2D eigenvalue weighted by Crippen LogP contribution is 2.25. The van der Waals surface area contributed by atoms with Crippen molar-refractivity contribution >= 4 is 35.0 Å². The molecule has 4 nitrogen and oxygen atoms in total. The number of halogens is 2. The van der Waals surface area contributed by atoms with Crippen molar-refractivity contribution in [3.8, 4) is 0 Å². The van der Waals surface area contributed by atoms with Gasteiger partial charge in [0, 0.05) is 19.1 Å². The van der Waals surface area contributed by atoms with E-state index >= 15 is 0 Å². The van der Waals surface area contributed by atoms with Crippen LogP contribution >= 0.6 is 23.2 Å². The van der Waals surface area contributed by atoms with Crippen molar-refractivity contribution in [2.24, 2.45) is 0 Å². The Morgan fingerprint density at radius 2 is 2.08 bits per heavy atom. The number of carbonyl (C=O) groups excluding carboxylic acids is 2. The second kappa shape index (κ2) is 8.04. The van der Waals surface area contributed by atoms with Crippen molar-refractivity contribution in [1.29, 1.82) is 0 Å². The molecule has 0 bridgehead atoms. The molecule has 130 valence electrons. The topological polar surface area (TPSA) is 40.6 Å². The number of nitrogens with zero attached hydrogens (tertiary/aromatic N) is 2. The number of hydrogen-bond donors (Lipinski definition) is 0. The molecule has 1 atom stereocenters. The van der Waals surface area contributed by atoms with E-state index in [0.29, 0.717) is 29.6 Å². The molecule has 1 unspecified atom stereocenters. The molecule has 1 heterocycles. The third-order valence-electron chi connectivity index (χ3n) is 4.24. The van der Waals surface area contributed by atoms with Gasteiger partial charge in [0.05, 0.1) is 10.0 Å². The van der Waals surface area contributed by atoms with Crippen LogP contribution in [0.1, 0.15) is 32.3 Å². The molecule has 0 spiro atoms. The zero-order chi connectivity index (χ0) is 17.9. The smallest absolute Gasteiger partial charge is 0.246 e. The monoisotopic (exact) mass is 368 g/mol. The molecule has 1 saturated heterocycles. The first kappa shape index (κ1) is 18.8. The zero-order valence-corrected chi connectivity index (χ0v) is 15.5. The Bertz CT molecular complexity index is 646. The van der Waals surface area contributed by atoms with Crippen molar-refractivity contribution < 1.29 is 9.59 Å². The molecule has 1 aliphatic rings. The first-order valence-corrected chi connectivity index (χ1v) is 8.78. The van der Waals surface area contributed by atoms with Crippen LogP contribution in [0.4, 0.5) is 0 Å². The van der Waals surface area contributed by atoms with Gasteiger partial charge in [0.2, 0.25) is 11.8 Å². The molecular weight excluding hydrogens is 347 g/mol. The van der Waals surface area contributed by atoms with Crippen LogP contribution in [0.25, 0.3) is 0 Å². The molecular formula is C18H22Cl2N2O2. The van der Waals surface area contributed by atoms with E-state index in [2.05, 4.69) is 6.58 Å². The number of rotatable bonds is 5. The van der Waals surface area contributed by atoms with Crippen LogP contribution in [-0.4, -0.2) is 40.2 Å². The highest BCUT2D eigenvalue weighted by Gasteiger charge is 2.36. The van der Waals surface area contributed by atoms with Gasteiger partial charge in [-0.05, 0) is 50.5 Å². The van der Waals surface area contributed by atoms with Crippen molar-refractivity contribution in [2.75, 3.05) is 6.54 Å². The fraction of sp³-hybridized carbons (Fsp3) is 0.444. The minimum atomic E-state index is -0.416. The minimum Gasteiger partial charge on any atom is -0.334 e. The normalized spacial score (nSPS) is 17.2. The number of benzene rings is 1. The SMILES string of the molecule is C=CC(=O)N1CCCC1C(=O)N(Cc1ccc(Cl)c(Cl)c1)C(C)C. The molecule has 6 heteroatoms. The number of carbonyl (C=O) groups is 2. The van der Waals surface area contributed by atoms with Crippen molar-refractivity contribution in [2.45, 2.75) is 45.3 Å². The van der Waals surface area contributed by atoms with Gasteiger partial charge in [-0.3, -0.25) is 9.59 Å². The lowest BCUT2D eigenvalue weighted by atomic mass is 10.1. The van der Waals surface area contributed by atoms with Crippen molar-refractivity contribution in [3.05, 3.63) is 46.5 Å². The third-order valence-corrected chi connectivity index (χ3v) is 4.98.